The van der Waals surface area contributed by atoms with Crippen LogP contribution in [0.15, 0.2) is 24.3 Å². The van der Waals surface area contributed by atoms with Crippen LogP contribution >= 0.6 is 11.8 Å². The van der Waals surface area contributed by atoms with Crippen molar-refractivity contribution in [2.75, 3.05) is 25.9 Å². The molecular weight excluding hydrogens is 410 g/mol. The molecule has 31 heavy (non-hydrogen) atoms. The van der Waals surface area contributed by atoms with E-state index in [4.69, 9.17) is 5.26 Å². The van der Waals surface area contributed by atoms with E-state index in [1.54, 1.807) is 24.3 Å². The number of hydrogen-bond acceptors (Lipinski definition) is 6. The molecule has 1 aromatic carbocycles. The third-order valence-electron chi connectivity index (χ3n) is 5.49. The van der Waals surface area contributed by atoms with Gasteiger partial charge in [0.2, 0.25) is 0 Å². The summed E-state index contributed by atoms with van der Waals surface area (Å²) in [6, 6.07) is 9.12. The van der Waals surface area contributed by atoms with Crippen LogP contribution < -0.4 is 5.32 Å². The number of aromatic nitrogens is 2. The van der Waals surface area contributed by atoms with Crippen LogP contribution in [0, 0.1) is 11.3 Å². The maximum atomic E-state index is 12.7. The summed E-state index contributed by atoms with van der Waals surface area (Å²) in [7, 11) is 2.10. The number of H-pyrrole nitrogens is 1. The van der Waals surface area contributed by atoms with Crippen molar-refractivity contribution in [2.24, 2.45) is 0 Å². The van der Waals surface area contributed by atoms with Crippen molar-refractivity contribution in [3.63, 3.8) is 0 Å². The van der Waals surface area contributed by atoms with Crippen molar-refractivity contribution in [1.29, 1.82) is 5.26 Å². The van der Waals surface area contributed by atoms with Crippen molar-refractivity contribution in [3.8, 4) is 6.07 Å². The minimum atomic E-state index is -0.316. The van der Waals surface area contributed by atoms with Crippen molar-refractivity contribution in [3.05, 3.63) is 52.3 Å². The number of aromatic amines is 1. The lowest BCUT2D eigenvalue weighted by Gasteiger charge is -2.23. The predicted octanol–water partition coefficient (Wildman–Crippen LogP) is 3.17. The van der Waals surface area contributed by atoms with Crippen LogP contribution in [-0.2, 0) is 13.0 Å². The summed E-state index contributed by atoms with van der Waals surface area (Å²) in [4.78, 5) is 26.5. The van der Waals surface area contributed by atoms with Crippen LogP contribution in [0.2, 0.25) is 0 Å². The summed E-state index contributed by atoms with van der Waals surface area (Å²) in [5.74, 6) is 0.873. The first-order chi connectivity index (χ1) is 15.0. The van der Waals surface area contributed by atoms with E-state index in [-0.39, 0.29) is 11.6 Å². The molecular formula is C23H29N5O2S. The van der Waals surface area contributed by atoms with Gasteiger partial charge in [0, 0.05) is 29.9 Å². The maximum Gasteiger partial charge on any atom is 0.272 e. The quantitative estimate of drug-likeness (QED) is 0.493. The van der Waals surface area contributed by atoms with Crippen LogP contribution in [-0.4, -0.2) is 57.9 Å². The number of benzene rings is 1. The molecule has 0 aliphatic heterocycles. The second kappa shape index (κ2) is 10.6. The Morgan fingerprint density at radius 1 is 1.39 bits per heavy atom. The van der Waals surface area contributed by atoms with E-state index in [1.807, 2.05) is 0 Å². The Morgan fingerprint density at radius 2 is 2.13 bits per heavy atom. The van der Waals surface area contributed by atoms with Gasteiger partial charge >= 0.3 is 0 Å². The van der Waals surface area contributed by atoms with E-state index < -0.39 is 0 Å². The molecule has 2 aromatic rings. The lowest BCUT2D eigenvalue weighted by Crippen LogP contribution is -2.31. The number of thioether (sulfide) groups is 1. The minimum absolute atomic E-state index is 0.269. The number of carbonyl (C=O) groups excluding carboxylic acids is 2. The number of amides is 1. The first-order valence-corrected chi connectivity index (χ1v) is 11.6. The fourth-order valence-electron chi connectivity index (χ4n) is 3.56. The van der Waals surface area contributed by atoms with Crippen LogP contribution in [0.4, 0.5) is 0 Å². The molecule has 7 nitrogen and oxygen atoms in total. The zero-order chi connectivity index (χ0) is 22.3. The number of hydrogen-bond donors (Lipinski definition) is 2. The normalized spacial score (nSPS) is 14.3. The van der Waals surface area contributed by atoms with Crippen LogP contribution in [0.3, 0.4) is 0 Å². The fourth-order valence-corrected chi connectivity index (χ4v) is 4.90. The summed E-state index contributed by atoms with van der Waals surface area (Å²) in [6.45, 7) is 4.31. The van der Waals surface area contributed by atoms with Gasteiger partial charge in [-0.3, -0.25) is 14.7 Å². The fraction of sp³-hybridized carbons (Fsp3) is 0.478. The molecule has 0 saturated heterocycles. The molecule has 0 radical (unpaired) electrons. The van der Waals surface area contributed by atoms with Crippen molar-refractivity contribution >= 4 is 24.0 Å². The zero-order valence-corrected chi connectivity index (χ0v) is 18.9. The second-order valence-electron chi connectivity index (χ2n) is 8.09. The molecule has 0 spiro atoms. The summed E-state index contributed by atoms with van der Waals surface area (Å²) >= 11 is 2.07. The summed E-state index contributed by atoms with van der Waals surface area (Å²) < 4.78 is 0.385. The molecule has 1 amide bonds. The molecule has 1 aliphatic carbocycles. The standard InChI is InChI=1S/C23H29N5O2S/c1-3-12-31-23(9-10-23)16-28(2)11-8-19-20(15-29)26-27-21(19)22(30)25-14-18-6-4-17(13-24)5-7-18/h4-7,15H,3,8-12,14,16H2,1-2H3,(H,25,30)(H,26,27). The van der Waals surface area contributed by atoms with E-state index in [0.717, 1.165) is 24.9 Å². The van der Waals surface area contributed by atoms with Crippen LogP contribution in [0.25, 0.3) is 0 Å². The third-order valence-corrected chi connectivity index (χ3v) is 7.25. The van der Waals surface area contributed by atoms with Gasteiger partial charge in [-0.05, 0) is 56.2 Å². The average molecular weight is 440 g/mol. The molecule has 1 heterocycles. The highest BCUT2D eigenvalue weighted by molar-refractivity contribution is 8.00. The van der Waals surface area contributed by atoms with Gasteiger partial charge in [-0.25, -0.2) is 0 Å². The number of carbonyl (C=O) groups is 2. The van der Waals surface area contributed by atoms with Crippen molar-refractivity contribution in [2.45, 2.75) is 43.9 Å². The number of rotatable bonds is 12. The van der Waals surface area contributed by atoms with Crippen LogP contribution in [0.1, 0.15) is 63.9 Å². The van der Waals surface area contributed by atoms with E-state index in [9.17, 15) is 9.59 Å². The summed E-state index contributed by atoms with van der Waals surface area (Å²) in [6.07, 6.45) is 5.01. The SMILES string of the molecule is CCCSC1(CN(C)CCc2c(C(=O)NCc3ccc(C#N)cc3)n[nH]c2C=O)CC1. The Bertz CT molecular complexity index is 944. The Morgan fingerprint density at radius 3 is 2.74 bits per heavy atom. The molecule has 0 atom stereocenters. The van der Waals surface area contributed by atoms with E-state index in [0.29, 0.717) is 34.5 Å². The second-order valence-corrected chi connectivity index (χ2v) is 9.66. The lowest BCUT2D eigenvalue weighted by molar-refractivity contribution is 0.0944. The molecule has 1 aromatic heterocycles. The van der Waals surface area contributed by atoms with Crippen molar-refractivity contribution < 1.29 is 9.59 Å². The molecule has 0 unspecified atom stereocenters. The maximum absolute atomic E-state index is 12.7. The third kappa shape index (κ3) is 6.18. The van der Waals surface area contributed by atoms with Gasteiger partial charge in [0.05, 0.1) is 11.6 Å². The Kier molecular flexibility index (Phi) is 7.88. The highest BCUT2D eigenvalue weighted by Gasteiger charge is 2.43. The smallest absolute Gasteiger partial charge is 0.272 e. The molecule has 1 fully saturated rings. The molecule has 0 bridgehead atoms. The molecule has 3 rings (SSSR count). The number of nitrogens with one attached hydrogen (secondary N) is 2. The van der Waals surface area contributed by atoms with E-state index in [1.165, 1.54) is 25.0 Å². The molecule has 2 N–H and O–H groups in total. The zero-order valence-electron chi connectivity index (χ0n) is 18.1. The monoisotopic (exact) mass is 439 g/mol. The predicted molar refractivity (Wildman–Crippen MR) is 122 cm³/mol. The van der Waals surface area contributed by atoms with Gasteiger partial charge in [-0.2, -0.15) is 22.1 Å². The number of likely N-dealkylation sites (N-methyl/N-ethyl adjacent to an activating group) is 1. The Labute approximate surface area is 187 Å². The Balaban J connectivity index is 1.58. The molecule has 1 aliphatic rings. The molecule has 164 valence electrons. The Hall–Kier alpha value is -2.63. The number of nitrogens with zero attached hydrogens (tertiary/aromatic N) is 3. The van der Waals surface area contributed by atoms with Gasteiger partial charge in [0.1, 0.15) is 5.69 Å². The molecule has 1 saturated carbocycles. The van der Waals surface area contributed by atoms with Gasteiger partial charge in [0.25, 0.3) is 5.91 Å². The van der Waals surface area contributed by atoms with Crippen LogP contribution in [0.5, 0.6) is 0 Å². The first-order valence-electron chi connectivity index (χ1n) is 10.6. The van der Waals surface area contributed by atoms with Gasteiger partial charge in [-0.15, -0.1) is 0 Å². The van der Waals surface area contributed by atoms with E-state index >= 15 is 0 Å². The first kappa shape index (κ1) is 23.0. The van der Waals surface area contributed by atoms with Crippen molar-refractivity contribution in [1.82, 2.24) is 20.4 Å². The van der Waals surface area contributed by atoms with Gasteiger partial charge in [0.15, 0.2) is 12.0 Å². The van der Waals surface area contributed by atoms with E-state index in [2.05, 4.69) is 52.2 Å². The lowest BCUT2D eigenvalue weighted by atomic mass is 10.1. The highest BCUT2D eigenvalue weighted by Crippen LogP contribution is 2.49. The topological polar surface area (TPSA) is 102 Å². The van der Waals surface area contributed by atoms with Gasteiger partial charge < -0.3 is 10.2 Å². The summed E-state index contributed by atoms with van der Waals surface area (Å²) in [5, 5.41) is 18.5. The minimum Gasteiger partial charge on any atom is -0.347 e. The number of nitriles is 1. The largest absolute Gasteiger partial charge is 0.347 e. The summed E-state index contributed by atoms with van der Waals surface area (Å²) in [5.41, 5.74) is 2.75. The highest BCUT2D eigenvalue weighted by atomic mass is 32.2. The molecule has 8 heteroatoms. The number of aldehydes is 1. The van der Waals surface area contributed by atoms with Gasteiger partial charge in [-0.1, -0.05) is 19.1 Å². The average Bonchev–Trinajstić information content (AvgIpc) is 3.42.